The minimum atomic E-state index is -0.0265. The number of halogens is 1. The van der Waals surface area contributed by atoms with E-state index in [1.165, 1.54) is 5.56 Å². The summed E-state index contributed by atoms with van der Waals surface area (Å²) in [6.07, 6.45) is 0. The predicted molar refractivity (Wildman–Crippen MR) is 78.0 cm³/mol. The van der Waals surface area contributed by atoms with E-state index >= 15 is 0 Å². The molecule has 0 saturated carbocycles. The molecule has 0 radical (unpaired) electrons. The lowest BCUT2D eigenvalue weighted by molar-refractivity contribution is 0.515. The molecule has 88 valence electrons. The first-order valence-electron chi connectivity index (χ1n) is 5.13. The number of benzene rings is 1. The van der Waals surface area contributed by atoms with Gasteiger partial charge in [-0.05, 0) is 73.5 Å². The van der Waals surface area contributed by atoms with Crippen LogP contribution in [-0.2, 0) is 0 Å². The summed E-state index contributed by atoms with van der Waals surface area (Å²) in [6, 6.07) is 6.12. The normalized spacial score (nSPS) is 11.1. The Hall–Kier alpha value is -0.610. The Labute approximate surface area is 111 Å². The molecule has 2 N–H and O–H groups in total. The van der Waals surface area contributed by atoms with E-state index in [4.69, 9.17) is 12.2 Å². The largest absolute Gasteiger partial charge is 0.358 e. The third-order valence-corrected chi connectivity index (χ3v) is 2.72. The number of nitrogens with one attached hydrogen (secondary N) is 2. The third-order valence-electron chi connectivity index (χ3n) is 1.86. The summed E-state index contributed by atoms with van der Waals surface area (Å²) >= 11 is 8.74. The monoisotopic (exact) mass is 300 g/mol. The molecule has 0 saturated heterocycles. The zero-order valence-electron chi connectivity index (χ0n) is 10.0. The van der Waals surface area contributed by atoms with Crippen molar-refractivity contribution in [3.63, 3.8) is 0 Å². The second-order valence-electron chi connectivity index (χ2n) is 4.81. The van der Waals surface area contributed by atoms with Gasteiger partial charge in [-0.25, -0.2) is 0 Å². The molecule has 0 unspecified atom stereocenters. The van der Waals surface area contributed by atoms with E-state index in [-0.39, 0.29) is 5.54 Å². The Morgan fingerprint density at radius 1 is 1.31 bits per heavy atom. The Bertz CT molecular complexity index is 396. The van der Waals surface area contributed by atoms with E-state index in [1.807, 2.05) is 12.1 Å². The fraction of sp³-hybridized carbons (Fsp3) is 0.417. The molecule has 0 spiro atoms. The van der Waals surface area contributed by atoms with Crippen molar-refractivity contribution in [2.75, 3.05) is 5.32 Å². The van der Waals surface area contributed by atoms with Gasteiger partial charge in [0.2, 0.25) is 0 Å². The molecule has 0 aliphatic rings. The Morgan fingerprint density at radius 3 is 2.44 bits per heavy atom. The lowest BCUT2D eigenvalue weighted by Crippen LogP contribution is -2.42. The van der Waals surface area contributed by atoms with Crippen LogP contribution in [0, 0.1) is 6.92 Å². The van der Waals surface area contributed by atoms with Gasteiger partial charge in [0.1, 0.15) is 0 Å². The van der Waals surface area contributed by atoms with E-state index < -0.39 is 0 Å². The molecule has 0 fully saturated rings. The van der Waals surface area contributed by atoms with Gasteiger partial charge in [0, 0.05) is 10.0 Å². The van der Waals surface area contributed by atoms with Gasteiger partial charge in [-0.1, -0.05) is 6.07 Å². The maximum atomic E-state index is 5.23. The van der Waals surface area contributed by atoms with E-state index in [1.54, 1.807) is 0 Å². The minimum Gasteiger partial charge on any atom is -0.358 e. The van der Waals surface area contributed by atoms with Gasteiger partial charge < -0.3 is 10.6 Å². The van der Waals surface area contributed by atoms with Gasteiger partial charge in [-0.3, -0.25) is 0 Å². The summed E-state index contributed by atoms with van der Waals surface area (Å²) in [6.45, 7) is 8.28. The number of rotatable bonds is 1. The smallest absolute Gasteiger partial charge is 0.171 e. The second kappa shape index (κ2) is 5.15. The zero-order chi connectivity index (χ0) is 12.3. The molecule has 16 heavy (non-hydrogen) atoms. The molecule has 4 heteroatoms. The van der Waals surface area contributed by atoms with Crippen molar-refractivity contribution < 1.29 is 0 Å². The highest BCUT2D eigenvalue weighted by Gasteiger charge is 2.11. The van der Waals surface area contributed by atoms with Crippen LogP contribution in [0.1, 0.15) is 26.3 Å². The molecule has 0 aliphatic carbocycles. The molecule has 0 atom stereocenters. The van der Waals surface area contributed by atoms with Crippen LogP contribution in [0.5, 0.6) is 0 Å². The number of hydrogen-bond donors (Lipinski definition) is 2. The summed E-state index contributed by atoms with van der Waals surface area (Å²) in [5.74, 6) is 0. The molecule has 1 rings (SSSR count). The van der Waals surface area contributed by atoms with Gasteiger partial charge in [0.25, 0.3) is 0 Å². The zero-order valence-corrected chi connectivity index (χ0v) is 12.4. The van der Waals surface area contributed by atoms with Crippen molar-refractivity contribution in [3.8, 4) is 0 Å². The van der Waals surface area contributed by atoms with Crippen molar-refractivity contribution in [2.24, 2.45) is 0 Å². The van der Waals surface area contributed by atoms with Crippen LogP contribution < -0.4 is 10.6 Å². The average molecular weight is 301 g/mol. The fourth-order valence-corrected chi connectivity index (χ4v) is 2.22. The highest BCUT2D eigenvalue weighted by molar-refractivity contribution is 9.10. The predicted octanol–water partition coefficient (Wildman–Crippen LogP) is 3.84. The summed E-state index contributed by atoms with van der Waals surface area (Å²) < 4.78 is 1.02. The van der Waals surface area contributed by atoms with Crippen LogP contribution in [0.25, 0.3) is 0 Å². The number of anilines is 1. The summed E-state index contributed by atoms with van der Waals surface area (Å²) in [5, 5.41) is 7.01. The standard InChI is InChI=1S/C12H17BrN2S/c1-8-5-6-10(9(13)7-8)14-11(16)15-12(2,3)4/h5-7H,1-4H3,(H2,14,15,16). The van der Waals surface area contributed by atoms with Gasteiger partial charge in [0.05, 0.1) is 5.69 Å². The van der Waals surface area contributed by atoms with E-state index in [0.717, 1.165) is 10.2 Å². The third kappa shape index (κ3) is 4.49. The topological polar surface area (TPSA) is 24.1 Å². The molecule has 0 aromatic heterocycles. The van der Waals surface area contributed by atoms with Crippen LogP contribution in [0.15, 0.2) is 22.7 Å². The fourth-order valence-electron chi connectivity index (χ4n) is 1.22. The summed E-state index contributed by atoms with van der Waals surface area (Å²) in [4.78, 5) is 0. The van der Waals surface area contributed by atoms with E-state index in [9.17, 15) is 0 Å². The molecule has 2 nitrogen and oxygen atoms in total. The van der Waals surface area contributed by atoms with Crippen LogP contribution in [-0.4, -0.2) is 10.7 Å². The SMILES string of the molecule is Cc1ccc(NC(=S)NC(C)(C)C)c(Br)c1. The molecule has 1 aromatic carbocycles. The molecule has 0 amide bonds. The van der Waals surface area contributed by atoms with Crippen LogP contribution in [0.4, 0.5) is 5.69 Å². The highest BCUT2D eigenvalue weighted by Crippen LogP contribution is 2.23. The molecule has 1 aromatic rings. The maximum Gasteiger partial charge on any atom is 0.171 e. The lowest BCUT2D eigenvalue weighted by atomic mass is 10.1. The lowest BCUT2D eigenvalue weighted by Gasteiger charge is -2.23. The number of thiocarbonyl (C=S) groups is 1. The van der Waals surface area contributed by atoms with Gasteiger partial charge in [-0.15, -0.1) is 0 Å². The highest BCUT2D eigenvalue weighted by atomic mass is 79.9. The van der Waals surface area contributed by atoms with Crippen LogP contribution in [0.3, 0.4) is 0 Å². The van der Waals surface area contributed by atoms with Crippen LogP contribution >= 0.6 is 28.1 Å². The van der Waals surface area contributed by atoms with Crippen molar-refractivity contribution in [2.45, 2.75) is 33.2 Å². The van der Waals surface area contributed by atoms with E-state index in [2.05, 4.69) is 60.3 Å². The maximum absolute atomic E-state index is 5.23. The Kier molecular flexibility index (Phi) is 4.33. The Balaban J connectivity index is 2.70. The molecule has 0 heterocycles. The Morgan fingerprint density at radius 2 is 1.94 bits per heavy atom. The van der Waals surface area contributed by atoms with Gasteiger partial charge in [0.15, 0.2) is 5.11 Å². The summed E-state index contributed by atoms with van der Waals surface area (Å²) in [7, 11) is 0. The van der Waals surface area contributed by atoms with Crippen molar-refractivity contribution in [1.82, 2.24) is 5.32 Å². The number of hydrogen-bond acceptors (Lipinski definition) is 1. The van der Waals surface area contributed by atoms with Gasteiger partial charge >= 0.3 is 0 Å². The van der Waals surface area contributed by atoms with Crippen molar-refractivity contribution in [3.05, 3.63) is 28.2 Å². The first-order chi connectivity index (χ1) is 7.28. The first-order valence-corrected chi connectivity index (χ1v) is 6.33. The molecule has 0 aliphatic heterocycles. The van der Waals surface area contributed by atoms with Crippen LogP contribution in [0.2, 0.25) is 0 Å². The second-order valence-corrected chi connectivity index (χ2v) is 6.08. The quantitative estimate of drug-likeness (QED) is 0.771. The first kappa shape index (κ1) is 13.5. The summed E-state index contributed by atoms with van der Waals surface area (Å²) in [5.41, 5.74) is 2.17. The molecular formula is C12H17BrN2S. The van der Waals surface area contributed by atoms with E-state index in [0.29, 0.717) is 5.11 Å². The van der Waals surface area contributed by atoms with Gasteiger partial charge in [-0.2, -0.15) is 0 Å². The molecule has 0 bridgehead atoms. The van der Waals surface area contributed by atoms with Crippen molar-refractivity contribution >= 4 is 38.9 Å². The average Bonchev–Trinajstić information content (AvgIpc) is 2.06. The number of aryl methyl sites for hydroxylation is 1. The van der Waals surface area contributed by atoms with Crippen molar-refractivity contribution in [1.29, 1.82) is 0 Å². The minimum absolute atomic E-state index is 0.0265. The molecular weight excluding hydrogens is 284 g/mol.